The number of carbonyl (C=O) groups is 3. The number of amides is 3. The highest BCUT2D eigenvalue weighted by molar-refractivity contribution is 6.34. The molecule has 2 rings (SSSR count). The van der Waals surface area contributed by atoms with Crippen molar-refractivity contribution in [3.05, 3.63) is 28.8 Å². The number of nitrogens with one attached hydrogen (secondary N) is 2. The van der Waals surface area contributed by atoms with Crippen molar-refractivity contribution in [3.8, 4) is 0 Å². The van der Waals surface area contributed by atoms with Gasteiger partial charge in [-0.1, -0.05) is 25.4 Å². The molecule has 1 aliphatic heterocycles. The summed E-state index contributed by atoms with van der Waals surface area (Å²) < 4.78 is 0. The summed E-state index contributed by atoms with van der Waals surface area (Å²) in [5, 5.41) is 14.8. The number of halogens is 1. The number of piperidine rings is 1. The molecule has 0 saturated carbocycles. The van der Waals surface area contributed by atoms with Gasteiger partial charge in [0.25, 0.3) is 5.91 Å². The van der Waals surface area contributed by atoms with E-state index in [4.69, 9.17) is 16.7 Å². The zero-order chi connectivity index (χ0) is 19.3. The Kier molecular flexibility index (Phi) is 6.85. The van der Waals surface area contributed by atoms with E-state index >= 15 is 0 Å². The van der Waals surface area contributed by atoms with Crippen LogP contribution in [0, 0.1) is 11.8 Å². The second kappa shape index (κ2) is 8.89. The molecule has 0 bridgehead atoms. The number of nitrogens with zero attached hydrogens (tertiary/aromatic N) is 1. The number of urea groups is 1. The summed E-state index contributed by atoms with van der Waals surface area (Å²) in [4.78, 5) is 36.9. The Balaban J connectivity index is 1.94. The maximum Gasteiger partial charge on any atom is 0.321 e. The van der Waals surface area contributed by atoms with E-state index in [0.29, 0.717) is 49.6 Å². The third-order valence-corrected chi connectivity index (χ3v) is 4.58. The Hall–Kier alpha value is -2.28. The van der Waals surface area contributed by atoms with Gasteiger partial charge in [0.15, 0.2) is 0 Å². The molecule has 1 fully saturated rings. The number of hydrogen-bond donors (Lipinski definition) is 3. The maximum absolute atomic E-state index is 12.3. The summed E-state index contributed by atoms with van der Waals surface area (Å²) in [6, 6.07) is 4.43. The van der Waals surface area contributed by atoms with Crippen LogP contribution >= 0.6 is 11.6 Å². The quantitative estimate of drug-likeness (QED) is 0.729. The van der Waals surface area contributed by atoms with Gasteiger partial charge in [-0.2, -0.15) is 0 Å². The van der Waals surface area contributed by atoms with Crippen LogP contribution in [0.1, 0.15) is 37.0 Å². The molecule has 3 N–H and O–H groups in total. The van der Waals surface area contributed by atoms with Gasteiger partial charge in [0.2, 0.25) is 0 Å². The summed E-state index contributed by atoms with van der Waals surface area (Å²) in [5.74, 6) is -1.13. The number of carbonyl (C=O) groups excluding carboxylic acids is 2. The fourth-order valence-corrected chi connectivity index (χ4v) is 2.97. The fraction of sp³-hybridized carbons (Fsp3) is 0.500. The summed E-state index contributed by atoms with van der Waals surface area (Å²) >= 11 is 6.17. The van der Waals surface area contributed by atoms with Crippen LogP contribution < -0.4 is 10.6 Å². The molecule has 0 radical (unpaired) electrons. The summed E-state index contributed by atoms with van der Waals surface area (Å²) in [7, 11) is 0. The van der Waals surface area contributed by atoms with E-state index in [1.165, 1.54) is 6.07 Å². The third kappa shape index (κ3) is 5.36. The lowest BCUT2D eigenvalue weighted by Gasteiger charge is -2.30. The minimum atomic E-state index is -0.817. The molecule has 1 aliphatic rings. The average molecular weight is 382 g/mol. The van der Waals surface area contributed by atoms with Gasteiger partial charge in [0.1, 0.15) is 0 Å². The highest BCUT2D eigenvalue weighted by Gasteiger charge is 2.27. The van der Waals surface area contributed by atoms with Crippen molar-refractivity contribution < 1.29 is 19.5 Å². The average Bonchev–Trinajstić information content (AvgIpc) is 2.59. The number of anilines is 1. The van der Waals surface area contributed by atoms with Crippen LogP contribution in [0.5, 0.6) is 0 Å². The second-order valence-corrected chi connectivity index (χ2v) is 7.24. The van der Waals surface area contributed by atoms with Crippen molar-refractivity contribution in [3.63, 3.8) is 0 Å². The SMILES string of the molecule is CC(C)CNC(=O)c1ccc(NC(=O)N2CCC(C(=O)O)CC2)cc1Cl. The Morgan fingerprint density at radius 2 is 1.92 bits per heavy atom. The van der Waals surface area contributed by atoms with Crippen LogP contribution in [0.2, 0.25) is 5.02 Å². The van der Waals surface area contributed by atoms with Crippen LogP contribution in [0.3, 0.4) is 0 Å². The third-order valence-electron chi connectivity index (χ3n) is 4.27. The molecule has 0 aliphatic carbocycles. The lowest BCUT2D eigenvalue weighted by atomic mass is 9.97. The molecule has 1 saturated heterocycles. The standard InChI is InChI=1S/C18H24ClN3O4/c1-11(2)10-20-16(23)14-4-3-13(9-15(14)19)21-18(26)22-7-5-12(6-8-22)17(24)25/h3-4,9,11-12H,5-8,10H2,1-2H3,(H,20,23)(H,21,26)(H,24,25). The summed E-state index contributed by atoms with van der Waals surface area (Å²) in [6.45, 7) is 5.35. The first-order valence-corrected chi connectivity index (χ1v) is 9.02. The molecule has 0 unspecified atom stereocenters. The first kappa shape index (κ1) is 20.0. The molecule has 8 heteroatoms. The van der Waals surface area contributed by atoms with Crippen molar-refractivity contribution in [1.82, 2.24) is 10.2 Å². The molecule has 1 aromatic rings. The van der Waals surface area contributed by atoms with Crippen molar-refractivity contribution in [2.24, 2.45) is 11.8 Å². The van der Waals surface area contributed by atoms with Crippen molar-refractivity contribution in [1.29, 1.82) is 0 Å². The molecule has 142 valence electrons. The summed E-state index contributed by atoms with van der Waals surface area (Å²) in [5.41, 5.74) is 0.841. The van der Waals surface area contributed by atoms with E-state index in [1.54, 1.807) is 17.0 Å². The molecule has 1 heterocycles. The Morgan fingerprint density at radius 3 is 2.46 bits per heavy atom. The topological polar surface area (TPSA) is 98.7 Å². The molecule has 7 nitrogen and oxygen atoms in total. The number of aliphatic carboxylic acids is 1. The van der Waals surface area contributed by atoms with Gasteiger partial charge in [-0.05, 0) is 37.0 Å². The molecule has 0 atom stereocenters. The number of hydrogen-bond acceptors (Lipinski definition) is 3. The van der Waals surface area contributed by atoms with E-state index in [2.05, 4.69) is 10.6 Å². The zero-order valence-electron chi connectivity index (χ0n) is 14.9. The number of carboxylic acid groups (broad SMARTS) is 1. The highest BCUT2D eigenvalue weighted by atomic mass is 35.5. The monoisotopic (exact) mass is 381 g/mol. The lowest BCUT2D eigenvalue weighted by Crippen LogP contribution is -2.42. The van der Waals surface area contributed by atoms with Crippen LogP contribution in [0.4, 0.5) is 10.5 Å². The van der Waals surface area contributed by atoms with Crippen molar-refractivity contribution in [2.75, 3.05) is 25.0 Å². The molecular weight excluding hydrogens is 358 g/mol. The van der Waals surface area contributed by atoms with Crippen LogP contribution in [0.15, 0.2) is 18.2 Å². The fourth-order valence-electron chi connectivity index (χ4n) is 2.70. The van der Waals surface area contributed by atoms with Crippen LogP contribution in [-0.2, 0) is 4.79 Å². The molecule has 3 amide bonds. The van der Waals surface area contributed by atoms with Crippen molar-refractivity contribution >= 4 is 35.2 Å². The Bertz CT molecular complexity index is 685. The Morgan fingerprint density at radius 1 is 1.27 bits per heavy atom. The number of benzene rings is 1. The largest absolute Gasteiger partial charge is 0.481 e. The van der Waals surface area contributed by atoms with Gasteiger partial charge in [-0.3, -0.25) is 9.59 Å². The lowest BCUT2D eigenvalue weighted by molar-refractivity contribution is -0.143. The number of likely N-dealkylation sites (tertiary alicyclic amines) is 1. The van der Waals surface area contributed by atoms with Gasteiger partial charge in [0.05, 0.1) is 16.5 Å². The van der Waals surface area contributed by atoms with E-state index in [9.17, 15) is 14.4 Å². The second-order valence-electron chi connectivity index (χ2n) is 6.83. The summed E-state index contributed by atoms with van der Waals surface area (Å²) in [6.07, 6.45) is 0.886. The molecule has 0 spiro atoms. The predicted octanol–water partition coefficient (Wildman–Crippen LogP) is 3.05. The maximum atomic E-state index is 12.3. The van der Waals surface area contributed by atoms with Gasteiger partial charge >= 0.3 is 12.0 Å². The first-order chi connectivity index (χ1) is 12.3. The van der Waals surface area contributed by atoms with Crippen LogP contribution in [-0.4, -0.2) is 47.5 Å². The van der Waals surface area contributed by atoms with E-state index in [-0.39, 0.29) is 17.0 Å². The van der Waals surface area contributed by atoms with Gasteiger partial charge in [0, 0.05) is 25.3 Å². The van der Waals surface area contributed by atoms with E-state index < -0.39 is 11.9 Å². The molecule has 1 aromatic carbocycles. The number of carboxylic acids is 1. The van der Waals surface area contributed by atoms with Crippen LogP contribution in [0.25, 0.3) is 0 Å². The van der Waals surface area contributed by atoms with E-state index in [0.717, 1.165) is 0 Å². The minimum absolute atomic E-state index is 0.252. The van der Waals surface area contributed by atoms with Gasteiger partial charge < -0.3 is 20.6 Å². The Labute approximate surface area is 157 Å². The molecule has 0 aromatic heterocycles. The van der Waals surface area contributed by atoms with E-state index in [1.807, 2.05) is 13.8 Å². The molecular formula is C18H24ClN3O4. The smallest absolute Gasteiger partial charge is 0.321 e. The van der Waals surface area contributed by atoms with Gasteiger partial charge in [-0.25, -0.2) is 4.79 Å². The number of rotatable bonds is 5. The normalized spacial score (nSPS) is 15.0. The minimum Gasteiger partial charge on any atom is -0.481 e. The van der Waals surface area contributed by atoms with Crippen molar-refractivity contribution in [2.45, 2.75) is 26.7 Å². The predicted molar refractivity (Wildman–Crippen MR) is 99.6 cm³/mol. The highest BCUT2D eigenvalue weighted by Crippen LogP contribution is 2.23. The van der Waals surface area contributed by atoms with Gasteiger partial charge in [-0.15, -0.1) is 0 Å². The molecule has 26 heavy (non-hydrogen) atoms. The first-order valence-electron chi connectivity index (χ1n) is 8.64. The zero-order valence-corrected chi connectivity index (χ0v) is 15.7.